The molecule has 1 unspecified atom stereocenters. The first-order valence-electron chi connectivity index (χ1n) is 11.2. The van der Waals surface area contributed by atoms with E-state index in [-0.39, 0.29) is 11.1 Å². The smallest absolute Gasteiger partial charge is 0.387 e. The van der Waals surface area contributed by atoms with Crippen molar-refractivity contribution in [3.05, 3.63) is 64.7 Å². The quantitative estimate of drug-likeness (QED) is 0.339. The Bertz CT molecular complexity index is 885. The molecule has 8 heteroatoms. The van der Waals surface area contributed by atoms with Gasteiger partial charge in [0.25, 0.3) is 0 Å². The Morgan fingerprint density at radius 1 is 0.970 bits per heavy atom. The lowest BCUT2D eigenvalue weighted by atomic mass is 9.77. The zero-order valence-electron chi connectivity index (χ0n) is 18.6. The molecule has 1 atom stereocenters. The molecule has 1 fully saturated rings. The maximum atomic E-state index is 14.7. The Morgan fingerprint density at radius 3 is 2.06 bits per heavy atom. The first-order valence-corrected chi connectivity index (χ1v) is 11.2. The number of ether oxygens (including phenoxy) is 2. The molecule has 182 valence electrons. The highest BCUT2D eigenvalue weighted by Gasteiger charge is 2.36. The standard InChI is InChI=1S/C25H28F6O2/c1-3-4-16-5-7-17(8-6-16)18-9-11-20(12-10-18)25(30,31)33-15(2)19-13-21(26)23(22(27)14-19)32-24(28)29/h9-17,24H,3-8H2,1-2H3. The maximum absolute atomic E-state index is 14.7. The SMILES string of the molecule is CCCC1CCC(c2ccc(C(F)(F)OC(C)c3cc(F)c(OC(F)F)c(F)c3)cc2)CC1. The van der Waals surface area contributed by atoms with E-state index in [1.54, 1.807) is 12.1 Å². The average molecular weight is 474 g/mol. The summed E-state index contributed by atoms with van der Waals surface area (Å²) in [7, 11) is 0. The largest absolute Gasteiger partial charge is 0.429 e. The number of halogens is 6. The highest BCUT2D eigenvalue weighted by molar-refractivity contribution is 5.33. The Morgan fingerprint density at radius 2 is 1.55 bits per heavy atom. The minimum Gasteiger partial charge on any atom is -0.429 e. The van der Waals surface area contributed by atoms with E-state index >= 15 is 0 Å². The Kier molecular flexibility index (Phi) is 8.32. The number of hydrogen-bond acceptors (Lipinski definition) is 2. The normalized spacial score (nSPS) is 20.2. The van der Waals surface area contributed by atoms with Crippen molar-refractivity contribution in [3.63, 3.8) is 0 Å². The summed E-state index contributed by atoms with van der Waals surface area (Å²) in [6.07, 6.45) is 1.62. The van der Waals surface area contributed by atoms with Crippen LogP contribution in [0.5, 0.6) is 5.75 Å². The lowest BCUT2D eigenvalue weighted by molar-refractivity contribution is -0.272. The van der Waals surface area contributed by atoms with E-state index in [2.05, 4.69) is 11.7 Å². The van der Waals surface area contributed by atoms with Crippen LogP contribution in [0.15, 0.2) is 36.4 Å². The molecule has 3 rings (SSSR count). The molecule has 2 nitrogen and oxygen atoms in total. The molecule has 0 spiro atoms. The third-order valence-electron chi connectivity index (χ3n) is 6.28. The second-order valence-electron chi connectivity index (χ2n) is 8.60. The van der Waals surface area contributed by atoms with Gasteiger partial charge >= 0.3 is 12.7 Å². The highest BCUT2D eigenvalue weighted by atomic mass is 19.3. The topological polar surface area (TPSA) is 18.5 Å². The second-order valence-corrected chi connectivity index (χ2v) is 8.60. The molecule has 1 saturated carbocycles. The van der Waals surface area contributed by atoms with E-state index in [9.17, 15) is 26.3 Å². The Hall–Kier alpha value is -2.22. The van der Waals surface area contributed by atoms with Gasteiger partial charge in [-0.3, -0.25) is 0 Å². The zero-order chi connectivity index (χ0) is 24.2. The minimum atomic E-state index is -3.72. The van der Waals surface area contributed by atoms with E-state index < -0.39 is 36.2 Å². The van der Waals surface area contributed by atoms with Gasteiger partial charge in [-0.05, 0) is 67.7 Å². The fraction of sp³-hybridized carbons (Fsp3) is 0.520. The fourth-order valence-electron chi connectivity index (χ4n) is 4.52. The third kappa shape index (κ3) is 6.43. The summed E-state index contributed by atoms with van der Waals surface area (Å²) < 4.78 is 90.4. The van der Waals surface area contributed by atoms with Gasteiger partial charge in [-0.1, -0.05) is 44.0 Å². The van der Waals surface area contributed by atoms with Crippen molar-refractivity contribution in [2.24, 2.45) is 5.92 Å². The lowest BCUT2D eigenvalue weighted by Gasteiger charge is -2.29. The Balaban J connectivity index is 1.66. The van der Waals surface area contributed by atoms with Crippen molar-refractivity contribution >= 4 is 0 Å². The van der Waals surface area contributed by atoms with Gasteiger partial charge in [-0.2, -0.15) is 17.6 Å². The van der Waals surface area contributed by atoms with Crippen LogP contribution in [0.3, 0.4) is 0 Å². The molecular weight excluding hydrogens is 446 g/mol. The first-order chi connectivity index (χ1) is 15.6. The predicted molar refractivity (Wildman–Crippen MR) is 112 cm³/mol. The molecule has 0 bridgehead atoms. The van der Waals surface area contributed by atoms with E-state index in [0.717, 1.165) is 37.2 Å². The fourth-order valence-corrected chi connectivity index (χ4v) is 4.52. The molecule has 0 N–H and O–H groups in total. The van der Waals surface area contributed by atoms with Crippen LogP contribution in [-0.2, 0) is 10.8 Å². The van der Waals surface area contributed by atoms with Gasteiger partial charge in [0.2, 0.25) is 0 Å². The summed E-state index contributed by atoms with van der Waals surface area (Å²) in [6.45, 7) is -0.0522. The molecular formula is C25H28F6O2. The predicted octanol–water partition coefficient (Wildman–Crippen LogP) is 8.47. The van der Waals surface area contributed by atoms with Crippen LogP contribution in [0.25, 0.3) is 0 Å². The van der Waals surface area contributed by atoms with E-state index in [1.807, 2.05) is 0 Å². The Labute approximate surface area is 189 Å². The second kappa shape index (κ2) is 10.8. The van der Waals surface area contributed by atoms with Crippen LogP contribution < -0.4 is 4.74 Å². The maximum Gasteiger partial charge on any atom is 0.387 e. The molecule has 2 aromatic rings. The molecule has 2 aromatic carbocycles. The molecule has 0 aliphatic heterocycles. The van der Waals surface area contributed by atoms with E-state index in [4.69, 9.17) is 4.74 Å². The number of benzene rings is 2. The van der Waals surface area contributed by atoms with Gasteiger partial charge in [-0.25, -0.2) is 8.78 Å². The zero-order valence-corrected chi connectivity index (χ0v) is 18.6. The molecule has 1 aliphatic rings. The van der Waals surface area contributed by atoms with Gasteiger partial charge in [0, 0.05) is 0 Å². The van der Waals surface area contributed by atoms with Crippen LogP contribution >= 0.6 is 0 Å². The molecule has 1 aliphatic carbocycles. The van der Waals surface area contributed by atoms with Gasteiger partial charge in [-0.15, -0.1) is 0 Å². The summed E-state index contributed by atoms with van der Waals surface area (Å²) in [5, 5.41) is 0. The van der Waals surface area contributed by atoms with Crippen LogP contribution in [-0.4, -0.2) is 6.61 Å². The molecule has 0 heterocycles. The minimum absolute atomic E-state index is 0.272. The number of rotatable bonds is 9. The number of alkyl halides is 4. The summed E-state index contributed by atoms with van der Waals surface area (Å²) in [4.78, 5) is 0. The van der Waals surface area contributed by atoms with Gasteiger partial charge < -0.3 is 9.47 Å². The van der Waals surface area contributed by atoms with Crippen LogP contribution in [0, 0.1) is 17.6 Å². The van der Waals surface area contributed by atoms with Crippen molar-refractivity contribution in [3.8, 4) is 5.75 Å². The van der Waals surface area contributed by atoms with Crippen LogP contribution in [0.2, 0.25) is 0 Å². The molecule has 0 amide bonds. The van der Waals surface area contributed by atoms with Crippen molar-refractivity contribution in [2.45, 2.75) is 77.1 Å². The lowest BCUT2D eigenvalue weighted by Crippen LogP contribution is -2.21. The van der Waals surface area contributed by atoms with Gasteiger partial charge in [0.15, 0.2) is 17.4 Å². The van der Waals surface area contributed by atoms with Crippen LogP contribution in [0.4, 0.5) is 26.3 Å². The number of hydrogen-bond donors (Lipinski definition) is 0. The van der Waals surface area contributed by atoms with Crippen molar-refractivity contribution < 1.29 is 35.8 Å². The van der Waals surface area contributed by atoms with Crippen molar-refractivity contribution in [2.75, 3.05) is 0 Å². The molecule has 33 heavy (non-hydrogen) atoms. The van der Waals surface area contributed by atoms with Crippen LogP contribution in [0.1, 0.15) is 81.1 Å². The monoisotopic (exact) mass is 474 g/mol. The third-order valence-corrected chi connectivity index (χ3v) is 6.28. The van der Waals surface area contributed by atoms with Crippen molar-refractivity contribution in [1.82, 2.24) is 0 Å². The molecule has 0 aromatic heterocycles. The molecule has 0 saturated heterocycles. The average Bonchev–Trinajstić information content (AvgIpc) is 2.76. The first kappa shape index (κ1) is 25.4. The highest BCUT2D eigenvalue weighted by Crippen LogP contribution is 2.40. The summed E-state index contributed by atoms with van der Waals surface area (Å²) >= 11 is 0. The van der Waals surface area contributed by atoms with Gasteiger partial charge in [0.1, 0.15) is 0 Å². The summed E-state index contributed by atoms with van der Waals surface area (Å²) in [5.41, 5.74) is 0.361. The molecule has 0 radical (unpaired) electrons. The summed E-state index contributed by atoms with van der Waals surface area (Å²) in [6, 6.07) is 7.25. The van der Waals surface area contributed by atoms with E-state index in [1.165, 1.54) is 31.9 Å². The van der Waals surface area contributed by atoms with E-state index in [0.29, 0.717) is 18.1 Å². The van der Waals surface area contributed by atoms with Gasteiger partial charge in [0.05, 0.1) is 11.7 Å². The van der Waals surface area contributed by atoms with Crippen molar-refractivity contribution in [1.29, 1.82) is 0 Å². The summed E-state index contributed by atoms with van der Waals surface area (Å²) in [5.74, 6) is -3.04.